The van der Waals surface area contributed by atoms with Gasteiger partial charge in [0.1, 0.15) is 24.2 Å². The van der Waals surface area contributed by atoms with Crippen molar-refractivity contribution < 1.29 is 27.1 Å². The van der Waals surface area contributed by atoms with Gasteiger partial charge in [0, 0.05) is 19.5 Å². The molecule has 1 N–H and O–H groups in total. The molecule has 0 unspecified atom stereocenters. The summed E-state index contributed by atoms with van der Waals surface area (Å²) in [4.78, 5) is 29.4. The van der Waals surface area contributed by atoms with E-state index in [1.54, 1.807) is 18.2 Å². The number of nitrogens with zero attached hydrogens (tertiary/aromatic N) is 2. The molecule has 0 aliphatic heterocycles. The van der Waals surface area contributed by atoms with E-state index >= 15 is 0 Å². The minimum Gasteiger partial charge on any atom is -0.494 e. The molecular formula is C35H36Cl2FN3O5S. The van der Waals surface area contributed by atoms with E-state index in [9.17, 15) is 22.4 Å². The standard InChI is InChI=1S/C35H36Cl2FN3O5S/c1-3-20-39-35(43)33(22-25-8-6-5-7-9-25)40(23-26-10-19-31(36)32(37)21-26)34(42)24-41(28-13-11-27(38)12-14-28)47(44,45)30-17-15-29(16-18-30)46-4-2/h5-19,21,33H,3-4,20,22-24H2,1-2H3,(H,39,43)/t33-/m1/s1. The smallest absolute Gasteiger partial charge is 0.264 e. The maximum atomic E-state index is 14.5. The first-order chi connectivity index (χ1) is 22.5. The highest BCUT2D eigenvalue weighted by atomic mass is 35.5. The second kappa shape index (κ2) is 16.6. The Labute approximate surface area is 285 Å². The average Bonchev–Trinajstić information content (AvgIpc) is 3.07. The molecule has 0 bridgehead atoms. The van der Waals surface area contributed by atoms with Crippen LogP contribution < -0.4 is 14.4 Å². The van der Waals surface area contributed by atoms with E-state index in [4.69, 9.17) is 27.9 Å². The zero-order valence-electron chi connectivity index (χ0n) is 26.0. The van der Waals surface area contributed by atoms with Crippen molar-refractivity contribution in [3.63, 3.8) is 0 Å². The Morgan fingerprint density at radius 2 is 1.55 bits per heavy atom. The van der Waals surface area contributed by atoms with E-state index in [-0.39, 0.29) is 28.6 Å². The van der Waals surface area contributed by atoms with Crippen LogP contribution in [0.25, 0.3) is 0 Å². The van der Waals surface area contributed by atoms with Crippen molar-refractivity contribution in [2.45, 2.75) is 44.2 Å². The number of benzene rings is 4. The molecule has 12 heteroatoms. The van der Waals surface area contributed by atoms with Gasteiger partial charge in [0.05, 0.1) is 27.2 Å². The Morgan fingerprint density at radius 1 is 0.872 bits per heavy atom. The minimum atomic E-state index is -4.36. The third-order valence-electron chi connectivity index (χ3n) is 7.27. The Balaban J connectivity index is 1.79. The van der Waals surface area contributed by atoms with Crippen LogP contribution in [0.1, 0.15) is 31.4 Å². The molecule has 4 aromatic rings. The van der Waals surface area contributed by atoms with Crippen LogP contribution in [0, 0.1) is 5.82 Å². The number of anilines is 1. The maximum absolute atomic E-state index is 14.5. The van der Waals surface area contributed by atoms with Gasteiger partial charge in [0.25, 0.3) is 10.0 Å². The van der Waals surface area contributed by atoms with E-state index in [2.05, 4.69) is 5.32 Å². The highest BCUT2D eigenvalue weighted by Gasteiger charge is 2.34. The first-order valence-corrected chi connectivity index (χ1v) is 17.3. The molecule has 1 atom stereocenters. The Bertz CT molecular complexity index is 1760. The van der Waals surface area contributed by atoms with Gasteiger partial charge in [0.2, 0.25) is 11.8 Å². The van der Waals surface area contributed by atoms with Crippen molar-refractivity contribution >= 4 is 50.7 Å². The molecule has 4 aromatic carbocycles. The summed E-state index contributed by atoms with van der Waals surface area (Å²) in [7, 11) is -4.36. The number of halogens is 3. The van der Waals surface area contributed by atoms with E-state index in [1.807, 2.05) is 44.2 Å². The molecule has 2 amide bonds. The highest BCUT2D eigenvalue weighted by Crippen LogP contribution is 2.28. The molecule has 8 nitrogen and oxygen atoms in total. The molecule has 0 aliphatic carbocycles. The van der Waals surface area contributed by atoms with Gasteiger partial charge in [-0.05, 0) is 85.1 Å². The maximum Gasteiger partial charge on any atom is 0.264 e. The average molecular weight is 701 g/mol. The van der Waals surface area contributed by atoms with Gasteiger partial charge in [-0.3, -0.25) is 13.9 Å². The lowest BCUT2D eigenvalue weighted by Crippen LogP contribution is -2.53. The molecule has 0 radical (unpaired) electrons. The molecule has 0 aliphatic rings. The third kappa shape index (κ3) is 9.47. The lowest BCUT2D eigenvalue weighted by molar-refractivity contribution is -0.140. The van der Waals surface area contributed by atoms with Crippen LogP contribution in [-0.2, 0) is 32.6 Å². The first kappa shape index (κ1) is 35.7. The molecule has 0 heterocycles. The molecule has 0 saturated heterocycles. The normalized spacial score (nSPS) is 11.9. The van der Waals surface area contributed by atoms with Gasteiger partial charge in [0.15, 0.2) is 0 Å². The molecule has 4 rings (SSSR count). The van der Waals surface area contributed by atoms with Crippen molar-refractivity contribution in [1.29, 1.82) is 0 Å². The van der Waals surface area contributed by atoms with Crippen LogP contribution >= 0.6 is 23.2 Å². The number of amides is 2. The lowest BCUT2D eigenvalue weighted by Gasteiger charge is -2.34. The van der Waals surface area contributed by atoms with Gasteiger partial charge in [-0.2, -0.15) is 0 Å². The fourth-order valence-electron chi connectivity index (χ4n) is 4.89. The second-order valence-corrected chi connectivity index (χ2v) is 13.3. The number of carbonyl (C=O) groups is 2. The van der Waals surface area contributed by atoms with E-state index in [1.165, 1.54) is 41.3 Å². The number of nitrogens with one attached hydrogen (secondary N) is 1. The van der Waals surface area contributed by atoms with Crippen LogP contribution in [-0.4, -0.2) is 50.9 Å². The predicted octanol–water partition coefficient (Wildman–Crippen LogP) is 6.89. The molecule has 47 heavy (non-hydrogen) atoms. The zero-order chi connectivity index (χ0) is 34.0. The second-order valence-electron chi connectivity index (χ2n) is 10.7. The SMILES string of the molecule is CCCNC(=O)[C@@H](Cc1ccccc1)N(Cc1ccc(Cl)c(Cl)c1)C(=O)CN(c1ccc(F)cc1)S(=O)(=O)c1ccc(OCC)cc1. The lowest BCUT2D eigenvalue weighted by atomic mass is 10.0. The highest BCUT2D eigenvalue weighted by molar-refractivity contribution is 7.92. The van der Waals surface area contributed by atoms with E-state index < -0.39 is 40.2 Å². The van der Waals surface area contributed by atoms with Crippen molar-refractivity contribution in [3.05, 3.63) is 124 Å². The monoisotopic (exact) mass is 699 g/mol. The van der Waals surface area contributed by atoms with Gasteiger partial charge in [-0.25, -0.2) is 12.8 Å². The molecular weight excluding hydrogens is 664 g/mol. The van der Waals surface area contributed by atoms with Crippen molar-refractivity contribution in [2.75, 3.05) is 24.0 Å². The largest absolute Gasteiger partial charge is 0.494 e. The quantitative estimate of drug-likeness (QED) is 0.146. The number of hydrogen-bond acceptors (Lipinski definition) is 5. The molecule has 0 spiro atoms. The fraction of sp³-hybridized carbons (Fsp3) is 0.257. The fourth-order valence-corrected chi connectivity index (χ4v) is 6.63. The van der Waals surface area contributed by atoms with Gasteiger partial charge in [-0.15, -0.1) is 0 Å². The molecule has 0 aromatic heterocycles. The number of sulfonamides is 1. The summed E-state index contributed by atoms with van der Waals surface area (Å²) in [6, 6.07) is 23.7. The van der Waals surface area contributed by atoms with Gasteiger partial charge >= 0.3 is 0 Å². The van der Waals surface area contributed by atoms with Crippen LogP contribution in [0.2, 0.25) is 10.0 Å². The van der Waals surface area contributed by atoms with Crippen molar-refractivity contribution in [3.8, 4) is 5.75 Å². The van der Waals surface area contributed by atoms with E-state index in [0.29, 0.717) is 35.9 Å². The summed E-state index contributed by atoms with van der Waals surface area (Å²) < 4.78 is 48.6. The van der Waals surface area contributed by atoms with Gasteiger partial charge in [-0.1, -0.05) is 66.5 Å². The summed E-state index contributed by atoms with van der Waals surface area (Å²) in [6.07, 6.45) is 0.828. The van der Waals surface area contributed by atoms with Crippen molar-refractivity contribution in [2.24, 2.45) is 0 Å². The van der Waals surface area contributed by atoms with Crippen LogP contribution in [0.4, 0.5) is 10.1 Å². The summed E-state index contributed by atoms with van der Waals surface area (Å²) in [5, 5.41) is 3.47. The van der Waals surface area contributed by atoms with Crippen LogP contribution in [0.5, 0.6) is 5.75 Å². The summed E-state index contributed by atoms with van der Waals surface area (Å²) in [6.45, 7) is 3.74. The van der Waals surface area contributed by atoms with E-state index in [0.717, 1.165) is 22.0 Å². The number of carbonyl (C=O) groups excluding carboxylic acids is 2. The summed E-state index contributed by atoms with van der Waals surface area (Å²) in [5.74, 6) is -1.16. The van der Waals surface area contributed by atoms with Crippen molar-refractivity contribution in [1.82, 2.24) is 10.2 Å². The third-order valence-corrected chi connectivity index (χ3v) is 9.80. The minimum absolute atomic E-state index is 0.0677. The summed E-state index contributed by atoms with van der Waals surface area (Å²) in [5.41, 5.74) is 1.45. The zero-order valence-corrected chi connectivity index (χ0v) is 28.4. The number of ether oxygens (including phenoxy) is 1. The van der Waals surface area contributed by atoms with Crippen LogP contribution in [0.15, 0.2) is 102 Å². The number of hydrogen-bond donors (Lipinski definition) is 1. The van der Waals surface area contributed by atoms with Crippen LogP contribution in [0.3, 0.4) is 0 Å². The predicted molar refractivity (Wildman–Crippen MR) is 183 cm³/mol. The molecule has 0 fully saturated rings. The summed E-state index contributed by atoms with van der Waals surface area (Å²) >= 11 is 12.5. The van der Waals surface area contributed by atoms with Gasteiger partial charge < -0.3 is 15.0 Å². The molecule has 0 saturated carbocycles. The molecule has 248 valence electrons. The Hall–Kier alpha value is -4.12. The topological polar surface area (TPSA) is 96.0 Å². The number of rotatable bonds is 15. The Kier molecular flexibility index (Phi) is 12.6. The first-order valence-electron chi connectivity index (χ1n) is 15.1. The Morgan fingerprint density at radius 3 is 2.17 bits per heavy atom.